The molecule has 174 valence electrons. The standard InChI is InChI=1S/C23H22Cl2F2N4O2/c24-18-10-20-21(11-19(18)25)31(17-8-14(26)7-15(27)9-17)23(29-20)30-4-1-13(2-5-30)22(32)28-16-3-6-33-12-16/h7-11,13,16H,1-6,12H2,(H,28,32)/t16-/m1/s1. The summed E-state index contributed by atoms with van der Waals surface area (Å²) in [5.41, 5.74) is 1.44. The lowest BCUT2D eigenvalue weighted by Gasteiger charge is -2.32. The number of fused-ring (bicyclic) bond motifs is 1. The summed E-state index contributed by atoms with van der Waals surface area (Å²) in [5, 5.41) is 3.73. The van der Waals surface area contributed by atoms with E-state index in [2.05, 4.69) is 5.32 Å². The van der Waals surface area contributed by atoms with Gasteiger partial charge in [0.15, 0.2) is 0 Å². The van der Waals surface area contributed by atoms with Gasteiger partial charge in [0.05, 0.1) is 39.4 Å². The number of benzene rings is 2. The summed E-state index contributed by atoms with van der Waals surface area (Å²) in [7, 11) is 0. The van der Waals surface area contributed by atoms with Crippen molar-refractivity contribution in [2.24, 2.45) is 5.92 Å². The number of amides is 1. The van der Waals surface area contributed by atoms with Crippen LogP contribution >= 0.6 is 23.2 Å². The topological polar surface area (TPSA) is 59.4 Å². The number of rotatable bonds is 4. The second-order valence-corrected chi connectivity index (χ2v) is 9.27. The molecule has 1 atom stereocenters. The molecular formula is C23H22Cl2F2N4O2. The molecule has 5 rings (SSSR count). The molecule has 2 aromatic carbocycles. The van der Waals surface area contributed by atoms with E-state index in [0.717, 1.165) is 12.5 Å². The molecular weight excluding hydrogens is 473 g/mol. The molecule has 0 aliphatic carbocycles. The predicted molar refractivity (Wildman–Crippen MR) is 123 cm³/mol. The molecule has 10 heteroatoms. The Morgan fingerprint density at radius 3 is 2.39 bits per heavy atom. The Labute approximate surface area is 199 Å². The van der Waals surface area contributed by atoms with Crippen molar-refractivity contribution >= 4 is 46.1 Å². The average Bonchev–Trinajstić information content (AvgIpc) is 3.41. The fourth-order valence-electron chi connectivity index (χ4n) is 4.50. The molecule has 33 heavy (non-hydrogen) atoms. The van der Waals surface area contributed by atoms with Crippen molar-refractivity contribution in [1.29, 1.82) is 0 Å². The van der Waals surface area contributed by atoms with Crippen LogP contribution in [0.2, 0.25) is 10.0 Å². The number of hydrogen-bond donors (Lipinski definition) is 1. The first-order valence-electron chi connectivity index (χ1n) is 10.9. The van der Waals surface area contributed by atoms with Crippen molar-refractivity contribution < 1.29 is 18.3 Å². The fourth-order valence-corrected chi connectivity index (χ4v) is 4.82. The Hall–Kier alpha value is -2.42. The van der Waals surface area contributed by atoms with Gasteiger partial charge in [-0.3, -0.25) is 9.36 Å². The number of piperidine rings is 1. The van der Waals surface area contributed by atoms with Gasteiger partial charge in [0.2, 0.25) is 11.9 Å². The van der Waals surface area contributed by atoms with Gasteiger partial charge in [-0.1, -0.05) is 23.2 Å². The van der Waals surface area contributed by atoms with E-state index in [4.69, 9.17) is 32.9 Å². The van der Waals surface area contributed by atoms with Crippen LogP contribution in [0, 0.1) is 17.6 Å². The summed E-state index contributed by atoms with van der Waals surface area (Å²) in [6.45, 7) is 2.38. The van der Waals surface area contributed by atoms with E-state index in [0.29, 0.717) is 71.9 Å². The second kappa shape index (κ2) is 9.08. The minimum atomic E-state index is -0.691. The molecule has 2 fully saturated rings. The van der Waals surface area contributed by atoms with E-state index in [-0.39, 0.29) is 17.9 Å². The minimum absolute atomic E-state index is 0.0458. The Kier molecular flexibility index (Phi) is 6.16. The number of nitrogens with one attached hydrogen (secondary N) is 1. The molecule has 2 saturated heterocycles. The zero-order valence-electron chi connectivity index (χ0n) is 17.7. The highest BCUT2D eigenvalue weighted by molar-refractivity contribution is 6.42. The Bertz CT molecular complexity index is 1180. The van der Waals surface area contributed by atoms with Crippen molar-refractivity contribution in [3.63, 3.8) is 0 Å². The number of carbonyl (C=O) groups excluding carboxylic acids is 1. The van der Waals surface area contributed by atoms with Gasteiger partial charge < -0.3 is 15.0 Å². The summed E-state index contributed by atoms with van der Waals surface area (Å²) < 4.78 is 35.1. The van der Waals surface area contributed by atoms with Crippen molar-refractivity contribution in [3.8, 4) is 5.69 Å². The van der Waals surface area contributed by atoms with Gasteiger partial charge in [-0.15, -0.1) is 0 Å². The number of hydrogen-bond acceptors (Lipinski definition) is 4. The molecule has 0 bridgehead atoms. The lowest BCUT2D eigenvalue weighted by molar-refractivity contribution is -0.126. The molecule has 6 nitrogen and oxygen atoms in total. The minimum Gasteiger partial charge on any atom is -0.379 e. The van der Waals surface area contributed by atoms with Gasteiger partial charge in [-0.25, -0.2) is 13.8 Å². The first kappa shape index (κ1) is 22.4. The molecule has 0 saturated carbocycles. The van der Waals surface area contributed by atoms with Gasteiger partial charge in [0, 0.05) is 31.7 Å². The maximum Gasteiger partial charge on any atom is 0.223 e. The molecule has 2 aliphatic heterocycles. The van der Waals surface area contributed by atoms with Crippen molar-refractivity contribution in [2.75, 3.05) is 31.2 Å². The third kappa shape index (κ3) is 4.52. The van der Waals surface area contributed by atoms with E-state index in [1.54, 1.807) is 16.7 Å². The Balaban J connectivity index is 1.45. The molecule has 1 aromatic heterocycles. The van der Waals surface area contributed by atoms with Crippen LogP contribution in [0.3, 0.4) is 0 Å². The van der Waals surface area contributed by atoms with Gasteiger partial charge in [-0.05, 0) is 43.5 Å². The molecule has 1 amide bonds. The average molecular weight is 495 g/mol. The predicted octanol–water partition coefficient (Wildman–Crippen LogP) is 4.73. The van der Waals surface area contributed by atoms with Gasteiger partial charge in [-0.2, -0.15) is 0 Å². The van der Waals surface area contributed by atoms with Gasteiger partial charge in [0.1, 0.15) is 11.6 Å². The van der Waals surface area contributed by atoms with E-state index < -0.39 is 11.6 Å². The lowest BCUT2D eigenvalue weighted by Crippen LogP contribution is -2.44. The summed E-state index contributed by atoms with van der Waals surface area (Å²) >= 11 is 12.4. The molecule has 0 radical (unpaired) electrons. The number of carbonyl (C=O) groups is 1. The maximum atomic E-state index is 14.1. The number of nitrogens with zero attached hydrogens (tertiary/aromatic N) is 3. The zero-order chi connectivity index (χ0) is 23.1. The fraction of sp³-hybridized carbons (Fsp3) is 0.391. The van der Waals surface area contributed by atoms with Gasteiger partial charge >= 0.3 is 0 Å². The summed E-state index contributed by atoms with van der Waals surface area (Å²) in [4.78, 5) is 19.4. The van der Waals surface area contributed by atoms with E-state index in [9.17, 15) is 13.6 Å². The normalized spacial score (nSPS) is 19.4. The van der Waals surface area contributed by atoms with Crippen molar-refractivity contribution in [2.45, 2.75) is 25.3 Å². The lowest BCUT2D eigenvalue weighted by atomic mass is 9.95. The molecule has 2 aliphatic rings. The highest BCUT2D eigenvalue weighted by atomic mass is 35.5. The third-order valence-electron chi connectivity index (χ3n) is 6.21. The van der Waals surface area contributed by atoms with Crippen LogP contribution in [0.4, 0.5) is 14.7 Å². The quantitative estimate of drug-likeness (QED) is 0.569. The van der Waals surface area contributed by atoms with E-state index in [1.165, 1.54) is 12.1 Å². The van der Waals surface area contributed by atoms with Crippen LogP contribution in [0.25, 0.3) is 16.7 Å². The van der Waals surface area contributed by atoms with Crippen LogP contribution < -0.4 is 10.2 Å². The number of ether oxygens (including phenoxy) is 1. The van der Waals surface area contributed by atoms with Crippen molar-refractivity contribution in [3.05, 3.63) is 52.0 Å². The largest absolute Gasteiger partial charge is 0.379 e. The summed E-state index contributed by atoms with van der Waals surface area (Å²) in [5.74, 6) is -0.913. The van der Waals surface area contributed by atoms with Crippen LogP contribution in [0.1, 0.15) is 19.3 Å². The van der Waals surface area contributed by atoms with Gasteiger partial charge in [0.25, 0.3) is 0 Å². The van der Waals surface area contributed by atoms with E-state index >= 15 is 0 Å². The van der Waals surface area contributed by atoms with Crippen LogP contribution in [-0.2, 0) is 9.53 Å². The first-order chi connectivity index (χ1) is 15.9. The molecule has 3 heterocycles. The Morgan fingerprint density at radius 2 is 1.73 bits per heavy atom. The van der Waals surface area contributed by atoms with Crippen LogP contribution in [-0.4, -0.2) is 47.8 Å². The first-order valence-corrected chi connectivity index (χ1v) is 11.6. The highest BCUT2D eigenvalue weighted by Gasteiger charge is 2.30. The number of aromatic nitrogens is 2. The second-order valence-electron chi connectivity index (χ2n) is 8.46. The SMILES string of the molecule is O=C(N[C@@H]1CCOC1)C1CCN(c2nc3cc(Cl)c(Cl)cc3n2-c2cc(F)cc(F)c2)CC1. The number of halogens is 4. The van der Waals surface area contributed by atoms with Crippen LogP contribution in [0.5, 0.6) is 0 Å². The highest BCUT2D eigenvalue weighted by Crippen LogP contribution is 2.34. The van der Waals surface area contributed by atoms with Crippen molar-refractivity contribution in [1.82, 2.24) is 14.9 Å². The number of imidazole rings is 1. The molecule has 3 aromatic rings. The third-order valence-corrected chi connectivity index (χ3v) is 6.93. The zero-order valence-corrected chi connectivity index (χ0v) is 19.2. The molecule has 1 N–H and O–H groups in total. The summed E-state index contributed by atoms with van der Waals surface area (Å²) in [6.07, 6.45) is 2.12. The molecule has 0 unspecified atom stereocenters. The summed E-state index contributed by atoms with van der Waals surface area (Å²) in [6, 6.07) is 6.68. The number of anilines is 1. The Morgan fingerprint density at radius 1 is 1.03 bits per heavy atom. The monoisotopic (exact) mass is 494 g/mol. The van der Waals surface area contributed by atoms with E-state index in [1.807, 2.05) is 4.90 Å². The smallest absolute Gasteiger partial charge is 0.223 e. The molecule has 0 spiro atoms. The maximum absolute atomic E-state index is 14.1. The van der Waals surface area contributed by atoms with Crippen LogP contribution in [0.15, 0.2) is 30.3 Å².